The number of urea groups is 1. The quantitative estimate of drug-likeness (QED) is 0.903. The Labute approximate surface area is 115 Å². The van der Waals surface area contributed by atoms with Crippen LogP contribution in [0.4, 0.5) is 10.5 Å². The summed E-state index contributed by atoms with van der Waals surface area (Å²) in [5, 5.41) is 0. The molecule has 4 nitrogen and oxygen atoms in total. The highest BCUT2D eigenvalue weighted by Gasteiger charge is 2.30. The summed E-state index contributed by atoms with van der Waals surface area (Å²) in [6, 6.07) is 8.67. The van der Waals surface area contributed by atoms with Gasteiger partial charge in [-0.15, -0.1) is 0 Å². The predicted octanol–water partition coefficient (Wildman–Crippen LogP) is 2.23. The molecule has 1 aliphatic heterocycles. The Morgan fingerprint density at radius 2 is 1.79 bits per heavy atom. The lowest BCUT2D eigenvalue weighted by molar-refractivity contribution is 0.209. The van der Waals surface area contributed by atoms with Crippen LogP contribution in [0.1, 0.15) is 26.3 Å². The van der Waals surface area contributed by atoms with Gasteiger partial charge in [-0.2, -0.15) is 0 Å². The van der Waals surface area contributed by atoms with Gasteiger partial charge in [-0.1, -0.05) is 12.1 Å². The van der Waals surface area contributed by atoms with Gasteiger partial charge < -0.3 is 10.6 Å². The Morgan fingerprint density at radius 3 is 2.26 bits per heavy atom. The molecule has 1 heterocycles. The summed E-state index contributed by atoms with van der Waals surface area (Å²) >= 11 is 0. The molecule has 104 valence electrons. The van der Waals surface area contributed by atoms with Crippen LogP contribution < -0.4 is 10.6 Å². The van der Waals surface area contributed by atoms with Gasteiger partial charge in [-0.25, -0.2) is 4.79 Å². The number of benzene rings is 1. The van der Waals surface area contributed by atoms with Crippen molar-refractivity contribution in [2.75, 3.05) is 18.0 Å². The molecule has 0 radical (unpaired) electrons. The second-order valence-electron chi connectivity index (χ2n) is 5.57. The number of amides is 2. The Kier molecular flexibility index (Phi) is 4.10. The lowest BCUT2D eigenvalue weighted by Crippen LogP contribution is -2.36. The standard InChI is InChI=1S/C15H23N3O/c1-11(2)17-8-9-18(15(17)19)14-6-4-13(5-7-14)10-12(3)16/h4-7,11-12H,8-10,16H2,1-3H3. The van der Waals surface area contributed by atoms with E-state index >= 15 is 0 Å². The van der Waals surface area contributed by atoms with Crippen LogP contribution in [0.25, 0.3) is 0 Å². The Hall–Kier alpha value is -1.55. The van der Waals surface area contributed by atoms with E-state index in [1.165, 1.54) is 5.56 Å². The maximum atomic E-state index is 12.2. The van der Waals surface area contributed by atoms with E-state index in [1.54, 1.807) is 0 Å². The molecule has 2 N–H and O–H groups in total. The monoisotopic (exact) mass is 261 g/mol. The lowest BCUT2D eigenvalue weighted by atomic mass is 10.1. The third kappa shape index (κ3) is 3.07. The zero-order valence-corrected chi connectivity index (χ0v) is 12.0. The number of hydrogen-bond donors (Lipinski definition) is 1. The highest BCUT2D eigenvalue weighted by atomic mass is 16.2. The molecule has 0 spiro atoms. The molecule has 2 amide bonds. The van der Waals surface area contributed by atoms with Crippen molar-refractivity contribution in [3.8, 4) is 0 Å². The maximum absolute atomic E-state index is 12.2. The van der Waals surface area contributed by atoms with E-state index in [-0.39, 0.29) is 18.1 Å². The van der Waals surface area contributed by atoms with Gasteiger partial charge in [0, 0.05) is 30.9 Å². The minimum atomic E-state index is 0.106. The largest absolute Gasteiger partial charge is 0.328 e. The summed E-state index contributed by atoms with van der Waals surface area (Å²) in [5.41, 5.74) is 7.97. The van der Waals surface area contributed by atoms with Gasteiger partial charge in [0.1, 0.15) is 0 Å². The van der Waals surface area contributed by atoms with Crippen LogP contribution in [0.15, 0.2) is 24.3 Å². The number of rotatable bonds is 4. The molecular weight excluding hydrogens is 238 g/mol. The number of hydrogen-bond acceptors (Lipinski definition) is 2. The van der Waals surface area contributed by atoms with Crippen molar-refractivity contribution in [3.63, 3.8) is 0 Å². The first-order valence-corrected chi connectivity index (χ1v) is 6.91. The van der Waals surface area contributed by atoms with E-state index < -0.39 is 0 Å². The van der Waals surface area contributed by atoms with Crippen molar-refractivity contribution < 1.29 is 4.79 Å². The van der Waals surface area contributed by atoms with Crippen LogP contribution in [-0.4, -0.2) is 36.1 Å². The number of carbonyl (C=O) groups is 1. The Morgan fingerprint density at radius 1 is 1.16 bits per heavy atom. The zero-order valence-electron chi connectivity index (χ0n) is 12.0. The number of anilines is 1. The fourth-order valence-electron chi connectivity index (χ4n) is 2.46. The molecular formula is C15H23N3O. The van der Waals surface area contributed by atoms with E-state index in [4.69, 9.17) is 5.73 Å². The van der Waals surface area contributed by atoms with Crippen molar-refractivity contribution in [3.05, 3.63) is 29.8 Å². The number of nitrogens with two attached hydrogens (primary N) is 1. The van der Waals surface area contributed by atoms with Crippen LogP contribution in [0, 0.1) is 0 Å². The van der Waals surface area contributed by atoms with Crippen LogP contribution in [0.3, 0.4) is 0 Å². The molecule has 19 heavy (non-hydrogen) atoms. The van der Waals surface area contributed by atoms with Gasteiger partial charge in [0.25, 0.3) is 0 Å². The highest BCUT2D eigenvalue weighted by molar-refractivity contribution is 5.94. The molecule has 0 aromatic heterocycles. The Bertz CT molecular complexity index is 439. The molecule has 1 atom stereocenters. The fourth-order valence-corrected chi connectivity index (χ4v) is 2.46. The average molecular weight is 261 g/mol. The third-order valence-electron chi connectivity index (χ3n) is 3.47. The van der Waals surface area contributed by atoms with Gasteiger partial charge >= 0.3 is 6.03 Å². The van der Waals surface area contributed by atoms with Crippen molar-refractivity contribution in [2.45, 2.75) is 39.3 Å². The fraction of sp³-hybridized carbons (Fsp3) is 0.533. The van der Waals surface area contributed by atoms with E-state index in [0.717, 1.165) is 25.2 Å². The van der Waals surface area contributed by atoms with Crippen molar-refractivity contribution in [1.82, 2.24) is 4.90 Å². The highest BCUT2D eigenvalue weighted by Crippen LogP contribution is 2.22. The molecule has 1 saturated heterocycles. The van der Waals surface area contributed by atoms with Gasteiger partial charge in [0.15, 0.2) is 0 Å². The van der Waals surface area contributed by atoms with Gasteiger partial charge in [-0.3, -0.25) is 4.90 Å². The maximum Gasteiger partial charge on any atom is 0.324 e. The van der Waals surface area contributed by atoms with Crippen LogP contribution in [0.2, 0.25) is 0 Å². The first-order chi connectivity index (χ1) is 8.99. The van der Waals surface area contributed by atoms with E-state index in [2.05, 4.69) is 12.1 Å². The van der Waals surface area contributed by atoms with Crippen molar-refractivity contribution in [2.24, 2.45) is 5.73 Å². The zero-order chi connectivity index (χ0) is 14.0. The molecule has 1 fully saturated rings. The Balaban J connectivity index is 2.09. The summed E-state index contributed by atoms with van der Waals surface area (Å²) < 4.78 is 0. The van der Waals surface area contributed by atoms with Gasteiger partial charge in [-0.05, 0) is 44.9 Å². The first-order valence-electron chi connectivity index (χ1n) is 6.91. The number of nitrogens with zero attached hydrogens (tertiary/aromatic N) is 2. The van der Waals surface area contributed by atoms with Crippen LogP contribution >= 0.6 is 0 Å². The van der Waals surface area contributed by atoms with Gasteiger partial charge in [0.05, 0.1) is 0 Å². The lowest BCUT2D eigenvalue weighted by Gasteiger charge is -2.22. The summed E-state index contributed by atoms with van der Waals surface area (Å²) in [6.07, 6.45) is 0.867. The van der Waals surface area contributed by atoms with E-state index in [0.29, 0.717) is 0 Å². The van der Waals surface area contributed by atoms with E-state index in [9.17, 15) is 4.79 Å². The minimum absolute atomic E-state index is 0.106. The van der Waals surface area contributed by atoms with Crippen molar-refractivity contribution >= 4 is 11.7 Å². The molecule has 2 rings (SSSR count). The van der Waals surface area contributed by atoms with E-state index in [1.807, 2.05) is 42.7 Å². The normalized spacial score (nSPS) is 17.4. The summed E-state index contributed by atoms with van der Waals surface area (Å²) in [6.45, 7) is 7.67. The van der Waals surface area contributed by atoms with Crippen LogP contribution in [-0.2, 0) is 6.42 Å². The predicted molar refractivity (Wildman–Crippen MR) is 78.4 cm³/mol. The molecule has 0 bridgehead atoms. The van der Waals surface area contributed by atoms with Crippen molar-refractivity contribution in [1.29, 1.82) is 0 Å². The summed E-state index contributed by atoms with van der Waals surface area (Å²) in [7, 11) is 0. The first kappa shape index (κ1) is 13.9. The molecule has 1 aromatic carbocycles. The molecule has 1 aromatic rings. The SMILES string of the molecule is CC(N)Cc1ccc(N2CCN(C(C)C)C2=O)cc1. The summed E-state index contributed by atoms with van der Waals surface area (Å²) in [4.78, 5) is 16.0. The smallest absolute Gasteiger partial charge is 0.324 e. The minimum Gasteiger partial charge on any atom is -0.328 e. The average Bonchev–Trinajstić information content (AvgIpc) is 2.71. The molecule has 4 heteroatoms. The molecule has 0 saturated carbocycles. The topological polar surface area (TPSA) is 49.6 Å². The molecule has 1 unspecified atom stereocenters. The number of carbonyl (C=O) groups excluding carboxylic acids is 1. The van der Waals surface area contributed by atoms with Crippen LogP contribution in [0.5, 0.6) is 0 Å². The summed E-state index contributed by atoms with van der Waals surface area (Å²) in [5.74, 6) is 0. The second kappa shape index (κ2) is 5.61. The molecule has 0 aliphatic carbocycles. The third-order valence-corrected chi connectivity index (χ3v) is 3.47. The molecule has 1 aliphatic rings. The van der Waals surface area contributed by atoms with Gasteiger partial charge in [0.2, 0.25) is 0 Å². The second-order valence-corrected chi connectivity index (χ2v) is 5.57.